The van der Waals surface area contributed by atoms with Crippen LogP contribution in [0.15, 0.2) is 28.7 Å². The highest BCUT2D eigenvalue weighted by atomic mass is 19.1. The number of nitrogens with one attached hydrogen (secondary N) is 1. The molecular formula is C26H32FN3O8. The third kappa shape index (κ3) is 3.27. The summed E-state index contributed by atoms with van der Waals surface area (Å²) in [5.74, 6) is -6.45. The number of Topliss-reactive ketones (excluding diaryl/α,β-unsaturated/α-hetero) is 1. The lowest BCUT2D eigenvalue weighted by Crippen LogP contribution is -2.57. The van der Waals surface area contributed by atoms with Crippen LogP contribution in [0.25, 0.3) is 0 Å². The van der Waals surface area contributed by atoms with E-state index in [1.807, 2.05) is 11.8 Å². The highest BCUT2D eigenvalue weighted by molar-refractivity contribution is 6.14. The molecule has 0 aromatic heterocycles. The molecule has 3 aliphatic carbocycles. The van der Waals surface area contributed by atoms with Gasteiger partial charge in [-0.15, -0.1) is 0 Å². The summed E-state index contributed by atoms with van der Waals surface area (Å²) < 4.78 is 24.3. The quantitative estimate of drug-likeness (QED) is 0.261. The van der Waals surface area contributed by atoms with Crippen molar-refractivity contribution >= 4 is 11.7 Å². The Kier molecular flexibility index (Phi) is 6.21. The minimum absolute atomic E-state index is 0.0366. The number of epoxide rings is 1. The maximum atomic E-state index is 13.8. The monoisotopic (exact) mass is 533 g/mol. The Hall–Kier alpha value is -3.19. The fraction of sp³-hybridized carbons (Fsp3) is 0.538. The van der Waals surface area contributed by atoms with E-state index >= 15 is 0 Å². The van der Waals surface area contributed by atoms with E-state index in [-0.39, 0.29) is 36.3 Å². The predicted molar refractivity (Wildman–Crippen MR) is 131 cm³/mol. The predicted octanol–water partition coefficient (Wildman–Crippen LogP) is 0.736. The van der Waals surface area contributed by atoms with E-state index < -0.39 is 64.7 Å². The highest BCUT2D eigenvalue weighted by Crippen LogP contribution is 2.68. The molecule has 11 nitrogen and oxygen atoms in total. The average molecular weight is 534 g/mol. The minimum Gasteiger partial charge on any atom is -0.510 e. The van der Waals surface area contributed by atoms with Crippen molar-refractivity contribution in [1.82, 2.24) is 10.2 Å². The number of aromatic hydroxyl groups is 1. The van der Waals surface area contributed by atoms with Crippen LogP contribution in [0.5, 0.6) is 11.5 Å². The van der Waals surface area contributed by atoms with E-state index in [1.165, 1.54) is 13.2 Å². The fourth-order valence-electron chi connectivity index (χ4n) is 6.81. The number of aliphatic hydroxyl groups is 3. The normalized spacial score (nSPS) is 31.5. The smallest absolute Gasteiger partial charge is 0.253 e. The Labute approximate surface area is 218 Å². The van der Waals surface area contributed by atoms with Crippen molar-refractivity contribution in [2.75, 3.05) is 33.9 Å². The molecule has 1 saturated heterocycles. The first kappa shape index (κ1) is 26.4. The minimum atomic E-state index is -2.40. The number of nitrogens with zero attached hydrogens (tertiary/aromatic N) is 1. The molecule has 5 atom stereocenters. The number of fused-ring (bicyclic) bond motifs is 2. The Balaban J connectivity index is 1.64. The number of hydrogen-bond donors (Lipinski definition) is 6. The second kappa shape index (κ2) is 8.94. The van der Waals surface area contributed by atoms with Gasteiger partial charge < -0.3 is 41.0 Å². The molecule has 1 spiro atoms. The molecule has 1 aliphatic heterocycles. The van der Waals surface area contributed by atoms with Crippen LogP contribution in [-0.2, 0) is 22.5 Å². The topological polar surface area (TPSA) is 178 Å². The first-order chi connectivity index (χ1) is 18.0. The van der Waals surface area contributed by atoms with Gasteiger partial charge in [-0.25, -0.2) is 4.39 Å². The number of primary amides is 1. The van der Waals surface area contributed by atoms with Gasteiger partial charge in [0.25, 0.3) is 5.91 Å². The van der Waals surface area contributed by atoms with Crippen LogP contribution in [0.3, 0.4) is 0 Å². The molecule has 1 heterocycles. The van der Waals surface area contributed by atoms with E-state index in [0.29, 0.717) is 30.0 Å². The summed E-state index contributed by atoms with van der Waals surface area (Å²) in [6, 6.07) is 0.507. The summed E-state index contributed by atoms with van der Waals surface area (Å²) in [5, 5.41) is 47.4. The molecule has 1 aromatic carbocycles. The largest absolute Gasteiger partial charge is 0.510 e. The lowest BCUT2D eigenvalue weighted by Gasteiger charge is -2.44. The Bertz CT molecular complexity index is 1300. The van der Waals surface area contributed by atoms with Crippen LogP contribution in [0.2, 0.25) is 0 Å². The van der Waals surface area contributed by atoms with E-state index in [2.05, 4.69) is 5.32 Å². The molecule has 1 unspecified atom stereocenters. The average Bonchev–Trinajstić information content (AvgIpc) is 3.49. The van der Waals surface area contributed by atoms with Crippen LogP contribution < -0.4 is 15.8 Å². The summed E-state index contributed by atoms with van der Waals surface area (Å²) in [4.78, 5) is 27.8. The number of phenolic OH excluding ortho intramolecular Hbond substituents is 1. The number of amides is 1. The number of carbonyl (C=O) groups is 2. The third-order valence-corrected chi connectivity index (χ3v) is 8.50. The SMILES string of the molecule is CCN(CCF)Cc1cc(O)c2c(c1OC)C[C@H]1C[C@H]3[C@H](NC)C(O)=C(C(N)=O)C4(O)O[C@]34C(O)=C1C2=O. The highest BCUT2D eigenvalue weighted by Gasteiger charge is 2.84. The van der Waals surface area contributed by atoms with Gasteiger partial charge in [-0.05, 0) is 38.4 Å². The summed E-state index contributed by atoms with van der Waals surface area (Å²) in [5.41, 5.74) is 3.97. The molecule has 4 aliphatic rings. The molecule has 0 radical (unpaired) electrons. The molecule has 1 fully saturated rings. The van der Waals surface area contributed by atoms with Crippen molar-refractivity contribution in [3.05, 3.63) is 45.4 Å². The Morgan fingerprint density at radius 1 is 1.37 bits per heavy atom. The number of rotatable bonds is 8. The zero-order valence-electron chi connectivity index (χ0n) is 21.4. The van der Waals surface area contributed by atoms with Gasteiger partial charge in [0.1, 0.15) is 35.3 Å². The van der Waals surface area contributed by atoms with E-state index in [9.17, 15) is 34.4 Å². The summed E-state index contributed by atoms with van der Waals surface area (Å²) >= 11 is 0. The number of ether oxygens (including phenoxy) is 2. The molecule has 1 amide bonds. The first-order valence-corrected chi connectivity index (χ1v) is 12.5. The number of ketones is 1. The Morgan fingerprint density at radius 3 is 2.66 bits per heavy atom. The van der Waals surface area contributed by atoms with Gasteiger partial charge in [0.05, 0.1) is 18.7 Å². The first-order valence-electron chi connectivity index (χ1n) is 12.5. The Morgan fingerprint density at radius 2 is 2.08 bits per heavy atom. The van der Waals surface area contributed by atoms with Crippen LogP contribution >= 0.6 is 0 Å². The number of allylic oxidation sites excluding steroid dienone is 1. The second-order valence-corrected chi connectivity index (χ2v) is 10.2. The fourth-order valence-corrected chi connectivity index (χ4v) is 6.81. The lowest BCUT2D eigenvalue weighted by molar-refractivity contribution is -0.117. The van der Waals surface area contributed by atoms with Gasteiger partial charge >= 0.3 is 0 Å². The number of phenols is 1. The molecule has 12 heteroatoms. The molecule has 1 aromatic rings. The van der Waals surface area contributed by atoms with Crippen molar-refractivity contribution in [3.8, 4) is 11.5 Å². The molecule has 5 rings (SSSR count). The van der Waals surface area contributed by atoms with Gasteiger partial charge in [0, 0.05) is 35.7 Å². The van der Waals surface area contributed by atoms with Gasteiger partial charge in [-0.1, -0.05) is 6.92 Å². The third-order valence-electron chi connectivity index (χ3n) is 8.50. The molecule has 0 saturated carbocycles. The van der Waals surface area contributed by atoms with E-state index in [1.54, 1.807) is 7.05 Å². The number of alkyl halides is 1. The number of methoxy groups -OCH3 is 1. The summed E-state index contributed by atoms with van der Waals surface area (Å²) in [6.07, 6.45) is 0.389. The zero-order chi connectivity index (χ0) is 27.7. The van der Waals surface area contributed by atoms with E-state index in [4.69, 9.17) is 15.2 Å². The van der Waals surface area contributed by atoms with Gasteiger partial charge in [-0.2, -0.15) is 0 Å². The molecule has 0 bridgehead atoms. The lowest BCUT2D eigenvalue weighted by atomic mass is 9.60. The van der Waals surface area contributed by atoms with Crippen molar-refractivity contribution in [2.45, 2.75) is 43.7 Å². The van der Waals surface area contributed by atoms with Crippen molar-refractivity contribution in [3.63, 3.8) is 0 Å². The van der Waals surface area contributed by atoms with Crippen LogP contribution in [0, 0.1) is 11.8 Å². The maximum Gasteiger partial charge on any atom is 0.253 e. The number of benzene rings is 1. The number of likely N-dealkylation sites (N-methyl/N-ethyl adjacent to an activating group) is 1. The van der Waals surface area contributed by atoms with E-state index in [0.717, 1.165) is 0 Å². The standard InChI is InChI=1S/C26H32FN3O8/c1-4-30(6-5-27)10-12-9-15(31)17-13(22(12)37-3)7-11-8-14-19(29-2)21(33)18(24(28)35)26(36)25(14,38-26)23(34)16(11)20(17)32/h9,11,14,19,29,31,33-34,36H,4-8,10H2,1-3H3,(H2,28,35)/t11-,14-,19-,25-,26?/m0/s1. The van der Waals surface area contributed by atoms with Crippen LogP contribution in [0.1, 0.15) is 34.8 Å². The van der Waals surface area contributed by atoms with Crippen molar-refractivity contribution in [2.24, 2.45) is 17.6 Å². The van der Waals surface area contributed by atoms with Gasteiger partial charge in [-0.3, -0.25) is 14.5 Å². The maximum absolute atomic E-state index is 13.8. The van der Waals surface area contributed by atoms with Crippen molar-refractivity contribution in [1.29, 1.82) is 0 Å². The number of hydrogen-bond acceptors (Lipinski definition) is 10. The number of aliphatic hydroxyl groups excluding tert-OH is 2. The van der Waals surface area contributed by atoms with Crippen molar-refractivity contribution < 1.29 is 43.9 Å². The molecule has 38 heavy (non-hydrogen) atoms. The molecule has 7 N–H and O–H groups in total. The summed E-state index contributed by atoms with van der Waals surface area (Å²) in [6.45, 7) is 2.40. The summed E-state index contributed by atoms with van der Waals surface area (Å²) in [7, 11) is 3.00. The number of nitrogens with two attached hydrogens (primary N) is 1. The van der Waals surface area contributed by atoms with Crippen LogP contribution in [0.4, 0.5) is 4.39 Å². The molecular weight excluding hydrogens is 501 g/mol. The van der Waals surface area contributed by atoms with Gasteiger partial charge in [0.2, 0.25) is 5.79 Å². The molecule has 206 valence electrons. The second-order valence-electron chi connectivity index (χ2n) is 10.2. The number of halogens is 1. The zero-order valence-corrected chi connectivity index (χ0v) is 21.4. The van der Waals surface area contributed by atoms with Gasteiger partial charge in [0.15, 0.2) is 11.4 Å². The number of carbonyl (C=O) groups excluding carboxylic acids is 2. The van der Waals surface area contributed by atoms with Crippen LogP contribution in [-0.4, -0.2) is 88.4 Å².